The number of amides is 1. The van der Waals surface area contributed by atoms with Gasteiger partial charge in [-0.05, 0) is 30.2 Å². The van der Waals surface area contributed by atoms with Gasteiger partial charge in [-0.25, -0.2) is 9.78 Å². The van der Waals surface area contributed by atoms with Crippen LogP contribution in [0.5, 0.6) is 0 Å². The van der Waals surface area contributed by atoms with Crippen LogP contribution in [-0.4, -0.2) is 28.5 Å². The fourth-order valence-corrected chi connectivity index (χ4v) is 1.87. The molecule has 0 radical (unpaired) electrons. The Bertz CT molecular complexity index is 656. The summed E-state index contributed by atoms with van der Waals surface area (Å²) < 4.78 is 12.6. The van der Waals surface area contributed by atoms with Crippen LogP contribution < -0.4 is 5.32 Å². The summed E-state index contributed by atoms with van der Waals surface area (Å²) in [5.74, 6) is -2.03. The number of carboxylic acids is 1. The Morgan fingerprint density at radius 3 is 2.62 bits per heavy atom. The minimum Gasteiger partial charge on any atom is -0.478 e. The number of nitrogens with one attached hydrogen (secondary N) is 1. The van der Waals surface area contributed by atoms with Gasteiger partial charge < -0.3 is 10.4 Å². The molecule has 0 aliphatic carbocycles. The van der Waals surface area contributed by atoms with E-state index in [4.69, 9.17) is 5.11 Å². The second-order valence-corrected chi connectivity index (χ2v) is 4.34. The molecule has 0 aliphatic heterocycles. The van der Waals surface area contributed by atoms with Crippen LogP contribution in [-0.2, 0) is 6.42 Å². The van der Waals surface area contributed by atoms with Crippen molar-refractivity contribution in [1.29, 1.82) is 0 Å². The molecule has 2 N–H and O–H groups in total. The van der Waals surface area contributed by atoms with E-state index in [9.17, 15) is 14.0 Å². The number of rotatable bonds is 5. The lowest BCUT2D eigenvalue weighted by atomic mass is 10.0. The Kier molecular flexibility index (Phi) is 4.61. The average molecular weight is 288 g/mol. The largest absolute Gasteiger partial charge is 0.478 e. The smallest absolute Gasteiger partial charge is 0.335 e. The second kappa shape index (κ2) is 6.60. The first kappa shape index (κ1) is 14.6. The van der Waals surface area contributed by atoms with Gasteiger partial charge in [0.2, 0.25) is 5.95 Å². The maximum absolute atomic E-state index is 12.6. The number of aromatic nitrogens is 1. The summed E-state index contributed by atoms with van der Waals surface area (Å²) in [6, 6.07) is 9.05. The van der Waals surface area contributed by atoms with Crippen molar-refractivity contribution in [3.63, 3.8) is 0 Å². The summed E-state index contributed by atoms with van der Waals surface area (Å²) in [6.07, 6.45) is 1.54. The van der Waals surface area contributed by atoms with Crippen LogP contribution in [0.1, 0.15) is 26.3 Å². The van der Waals surface area contributed by atoms with E-state index in [1.807, 2.05) is 0 Å². The van der Waals surface area contributed by atoms with E-state index in [0.717, 1.165) is 12.3 Å². The highest BCUT2D eigenvalue weighted by molar-refractivity contribution is 5.93. The molecule has 1 amide bonds. The summed E-state index contributed by atoms with van der Waals surface area (Å²) in [5.41, 5.74) is 1.11. The summed E-state index contributed by atoms with van der Waals surface area (Å²) in [5, 5.41) is 11.7. The van der Waals surface area contributed by atoms with Crippen molar-refractivity contribution in [3.05, 3.63) is 65.2 Å². The van der Waals surface area contributed by atoms with E-state index >= 15 is 0 Å². The van der Waals surface area contributed by atoms with E-state index in [1.54, 1.807) is 18.2 Å². The number of carboxylic acid groups (broad SMARTS) is 1. The number of halogens is 1. The molecule has 0 fully saturated rings. The predicted molar refractivity (Wildman–Crippen MR) is 73.6 cm³/mol. The molecule has 0 spiro atoms. The van der Waals surface area contributed by atoms with Crippen LogP contribution in [0.4, 0.5) is 4.39 Å². The summed E-state index contributed by atoms with van der Waals surface area (Å²) in [4.78, 5) is 26.2. The van der Waals surface area contributed by atoms with E-state index in [1.165, 1.54) is 12.1 Å². The molecule has 5 nitrogen and oxygen atoms in total. The maximum atomic E-state index is 12.6. The third-order valence-electron chi connectivity index (χ3n) is 2.92. The SMILES string of the molecule is O=C(NCCc1ccccc1C(=O)O)c1ccc(F)nc1. The van der Waals surface area contributed by atoms with E-state index in [2.05, 4.69) is 10.3 Å². The summed E-state index contributed by atoms with van der Waals surface area (Å²) in [7, 11) is 0. The van der Waals surface area contributed by atoms with Crippen molar-refractivity contribution in [2.45, 2.75) is 6.42 Å². The van der Waals surface area contributed by atoms with Crippen LogP contribution >= 0.6 is 0 Å². The first-order chi connectivity index (χ1) is 10.1. The van der Waals surface area contributed by atoms with Crippen molar-refractivity contribution >= 4 is 11.9 Å². The van der Waals surface area contributed by atoms with Crippen LogP contribution in [0.15, 0.2) is 42.6 Å². The molecular weight excluding hydrogens is 275 g/mol. The molecule has 2 aromatic rings. The highest BCUT2D eigenvalue weighted by Crippen LogP contribution is 2.09. The fourth-order valence-electron chi connectivity index (χ4n) is 1.87. The standard InChI is InChI=1S/C15H13FN2O3/c16-13-6-5-11(9-18-13)14(19)17-8-7-10-3-1-2-4-12(10)15(20)21/h1-6,9H,7-8H2,(H,17,19)(H,20,21). The Hall–Kier alpha value is -2.76. The number of pyridine rings is 1. The monoisotopic (exact) mass is 288 g/mol. The lowest BCUT2D eigenvalue weighted by Gasteiger charge is -2.07. The van der Waals surface area contributed by atoms with Gasteiger partial charge in [-0.3, -0.25) is 4.79 Å². The van der Waals surface area contributed by atoms with Crippen molar-refractivity contribution in [2.75, 3.05) is 6.54 Å². The normalized spacial score (nSPS) is 10.1. The minimum atomic E-state index is -1.00. The zero-order valence-electron chi connectivity index (χ0n) is 11.0. The number of aromatic carboxylic acids is 1. The molecular formula is C15H13FN2O3. The van der Waals surface area contributed by atoms with Crippen LogP contribution in [0.25, 0.3) is 0 Å². The average Bonchev–Trinajstić information content (AvgIpc) is 2.48. The first-order valence-electron chi connectivity index (χ1n) is 6.29. The number of hydrogen-bond acceptors (Lipinski definition) is 3. The predicted octanol–water partition coefficient (Wildman–Crippen LogP) is 1.89. The van der Waals surface area contributed by atoms with Crippen molar-refractivity contribution < 1.29 is 19.1 Å². The quantitative estimate of drug-likeness (QED) is 0.823. The van der Waals surface area contributed by atoms with Crippen LogP contribution in [0, 0.1) is 5.95 Å². The fraction of sp³-hybridized carbons (Fsp3) is 0.133. The van der Waals surface area contributed by atoms with Gasteiger partial charge in [0.25, 0.3) is 5.91 Å². The summed E-state index contributed by atoms with van der Waals surface area (Å²) >= 11 is 0. The van der Waals surface area contributed by atoms with Gasteiger partial charge in [0.05, 0.1) is 11.1 Å². The van der Waals surface area contributed by atoms with E-state index < -0.39 is 11.9 Å². The van der Waals surface area contributed by atoms with Gasteiger partial charge in [-0.1, -0.05) is 18.2 Å². The molecule has 2 rings (SSSR count). The first-order valence-corrected chi connectivity index (χ1v) is 6.29. The molecule has 0 aliphatic rings. The number of carbonyl (C=O) groups excluding carboxylic acids is 1. The van der Waals surface area contributed by atoms with Gasteiger partial charge in [0, 0.05) is 12.7 Å². The van der Waals surface area contributed by atoms with Gasteiger partial charge in [-0.15, -0.1) is 0 Å². The summed E-state index contributed by atoms with van der Waals surface area (Å²) in [6.45, 7) is 0.278. The molecule has 0 saturated heterocycles. The Morgan fingerprint density at radius 2 is 1.95 bits per heavy atom. The van der Waals surface area contributed by atoms with Crippen LogP contribution in [0.3, 0.4) is 0 Å². The minimum absolute atomic E-state index is 0.218. The molecule has 1 aromatic heterocycles. The Balaban J connectivity index is 1.94. The number of benzene rings is 1. The lowest BCUT2D eigenvalue weighted by Crippen LogP contribution is -2.26. The lowest BCUT2D eigenvalue weighted by molar-refractivity contribution is 0.0695. The second-order valence-electron chi connectivity index (χ2n) is 4.34. The van der Waals surface area contributed by atoms with E-state index in [-0.39, 0.29) is 23.6 Å². The zero-order valence-corrected chi connectivity index (χ0v) is 11.0. The van der Waals surface area contributed by atoms with Gasteiger partial charge >= 0.3 is 5.97 Å². The molecule has 0 atom stereocenters. The molecule has 1 heterocycles. The molecule has 0 bridgehead atoms. The molecule has 6 heteroatoms. The molecule has 1 aromatic carbocycles. The number of carbonyl (C=O) groups is 2. The maximum Gasteiger partial charge on any atom is 0.335 e. The van der Waals surface area contributed by atoms with Gasteiger partial charge in [-0.2, -0.15) is 4.39 Å². The number of hydrogen-bond donors (Lipinski definition) is 2. The number of nitrogens with zero attached hydrogens (tertiary/aromatic N) is 1. The third-order valence-corrected chi connectivity index (χ3v) is 2.92. The zero-order chi connectivity index (χ0) is 15.2. The third kappa shape index (κ3) is 3.85. The van der Waals surface area contributed by atoms with Crippen molar-refractivity contribution in [2.24, 2.45) is 0 Å². The topological polar surface area (TPSA) is 79.3 Å². The Morgan fingerprint density at radius 1 is 1.19 bits per heavy atom. The van der Waals surface area contributed by atoms with E-state index in [0.29, 0.717) is 12.0 Å². The highest BCUT2D eigenvalue weighted by Gasteiger charge is 2.10. The van der Waals surface area contributed by atoms with Crippen molar-refractivity contribution in [3.8, 4) is 0 Å². The molecule has 21 heavy (non-hydrogen) atoms. The Labute approximate surface area is 120 Å². The van der Waals surface area contributed by atoms with Crippen LogP contribution in [0.2, 0.25) is 0 Å². The molecule has 0 unspecified atom stereocenters. The van der Waals surface area contributed by atoms with Gasteiger partial charge in [0.1, 0.15) is 0 Å². The van der Waals surface area contributed by atoms with Crippen molar-refractivity contribution in [1.82, 2.24) is 10.3 Å². The van der Waals surface area contributed by atoms with Gasteiger partial charge in [0.15, 0.2) is 0 Å². The highest BCUT2D eigenvalue weighted by atomic mass is 19.1. The molecule has 0 saturated carbocycles. The molecule has 108 valence electrons.